The molecule has 0 bridgehead atoms. The zero-order valence-electron chi connectivity index (χ0n) is 19.5. The zero-order chi connectivity index (χ0) is 26.0. The summed E-state index contributed by atoms with van der Waals surface area (Å²) in [6.45, 7) is 2.51. The van der Waals surface area contributed by atoms with E-state index in [1.165, 1.54) is 6.20 Å². The predicted molar refractivity (Wildman–Crippen MR) is 124 cm³/mol. The minimum absolute atomic E-state index is 0.0286. The average Bonchev–Trinajstić information content (AvgIpc) is 3.24. The summed E-state index contributed by atoms with van der Waals surface area (Å²) in [5, 5.41) is 9.96. The molecule has 0 aliphatic carbocycles. The summed E-state index contributed by atoms with van der Waals surface area (Å²) >= 11 is 0. The number of nitrogens with two attached hydrogens (primary N) is 1. The van der Waals surface area contributed by atoms with Crippen LogP contribution in [0.4, 0.5) is 30.5 Å². The highest BCUT2D eigenvalue weighted by atomic mass is 19.4. The fraction of sp³-hybridized carbons (Fsp3) is 0.364. The number of carbonyl (C=O) groups is 2. The largest absolute Gasteiger partial charge is 0.433 e. The molecule has 190 valence electrons. The summed E-state index contributed by atoms with van der Waals surface area (Å²) in [5.74, 6) is -0.636. The first-order chi connectivity index (χ1) is 17.0. The Labute approximate surface area is 203 Å². The molecule has 4 rings (SSSR count). The van der Waals surface area contributed by atoms with Gasteiger partial charge in [-0.25, -0.2) is 9.97 Å². The number of primary amides is 1. The summed E-state index contributed by atoms with van der Waals surface area (Å²) in [7, 11) is 1.74. The Hall–Kier alpha value is -4.23. The summed E-state index contributed by atoms with van der Waals surface area (Å²) in [6, 6.07) is 1.32. The number of aryl methyl sites for hydroxylation is 1. The summed E-state index contributed by atoms with van der Waals surface area (Å²) in [6.07, 6.45) is 2.40. The first kappa shape index (κ1) is 24.9. The van der Waals surface area contributed by atoms with Crippen molar-refractivity contribution in [1.82, 2.24) is 30.0 Å². The van der Waals surface area contributed by atoms with Gasteiger partial charge in [0.2, 0.25) is 0 Å². The second kappa shape index (κ2) is 9.79. The molecular formula is C22H24F3N9O2. The molecule has 0 saturated carbocycles. The van der Waals surface area contributed by atoms with E-state index in [0.29, 0.717) is 30.9 Å². The van der Waals surface area contributed by atoms with E-state index in [9.17, 15) is 22.8 Å². The van der Waals surface area contributed by atoms with Crippen LogP contribution >= 0.6 is 0 Å². The Morgan fingerprint density at radius 2 is 1.94 bits per heavy atom. The van der Waals surface area contributed by atoms with Crippen LogP contribution in [-0.4, -0.2) is 55.2 Å². The number of aromatic nitrogens is 5. The maximum Gasteiger partial charge on any atom is 0.433 e. The van der Waals surface area contributed by atoms with Crippen molar-refractivity contribution < 1.29 is 22.8 Å². The quantitative estimate of drug-likeness (QED) is 0.465. The monoisotopic (exact) mass is 503 g/mol. The fourth-order valence-electron chi connectivity index (χ4n) is 4.02. The van der Waals surface area contributed by atoms with Gasteiger partial charge in [0.1, 0.15) is 11.5 Å². The minimum Gasteiger partial charge on any atom is -0.364 e. The van der Waals surface area contributed by atoms with E-state index in [0.717, 1.165) is 18.3 Å². The van der Waals surface area contributed by atoms with Crippen molar-refractivity contribution in [3.63, 3.8) is 0 Å². The molecule has 1 aliphatic heterocycles. The van der Waals surface area contributed by atoms with E-state index in [4.69, 9.17) is 5.73 Å². The maximum atomic E-state index is 12.8. The van der Waals surface area contributed by atoms with E-state index in [1.807, 2.05) is 11.8 Å². The molecular weight excluding hydrogens is 479 g/mol. The van der Waals surface area contributed by atoms with Gasteiger partial charge in [-0.3, -0.25) is 19.3 Å². The molecule has 1 fully saturated rings. The van der Waals surface area contributed by atoms with Crippen LogP contribution in [0.25, 0.3) is 0 Å². The third kappa shape index (κ3) is 5.37. The Bertz CT molecular complexity index is 1260. The van der Waals surface area contributed by atoms with Gasteiger partial charge in [-0.2, -0.15) is 18.3 Å². The number of hydrogen-bond donors (Lipinski definition) is 3. The number of halogens is 3. The summed E-state index contributed by atoms with van der Waals surface area (Å²) < 4.78 is 39.8. The summed E-state index contributed by atoms with van der Waals surface area (Å²) in [4.78, 5) is 38.6. The van der Waals surface area contributed by atoms with Crippen LogP contribution in [0.15, 0.2) is 36.9 Å². The molecule has 0 unspecified atom stereocenters. The number of anilines is 3. The molecule has 14 heteroatoms. The van der Waals surface area contributed by atoms with Crippen LogP contribution in [0.5, 0.6) is 0 Å². The van der Waals surface area contributed by atoms with Gasteiger partial charge in [0.25, 0.3) is 11.8 Å². The Kier molecular flexibility index (Phi) is 6.77. The topological polar surface area (TPSA) is 144 Å². The van der Waals surface area contributed by atoms with Crippen molar-refractivity contribution in [3.8, 4) is 0 Å². The number of nitrogens with zero attached hydrogens (tertiary/aromatic N) is 6. The first-order valence-electron chi connectivity index (χ1n) is 11.1. The number of alkyl halides is 3. The highest BCUT2D eigenvalue weighted by Gasteiger charge is 2.33. The first-order valence-corrected chi connectivity index (χ1v) is 11.1. The smallest absolute Gasteiger partial charge is 0.364 e. The standard InChI is InChI=1S/C22H24F3N9O2/c1-12-15(31-21(36)13-5-6-16(27-8-13)22(23,24)25)4-3-7-34(12)17-10-28-18(19(26)35)20(32-17)30-14-9-29-33(2)11-14/h5-6,8-12,15H,3-4,7H2,1-2H3,(H2,26,35)(H,30,32)(H,31,36)/t12-,15-/m1/s1. The Balaban J connectivity index is 1.51. The third-order valence-corrected chi connectivity index (χ3v) is 5.88. The average molecular weight is 503 g/mol. The van der Waals surface area contributed by atoms with Crippen LogP contribution in [-0.2, 0) is 13.2 Å². The molecule has 4 heterocycles. The van der Waals surface area contributed by atoms with E-state index < -0.39 is 23.7 Å². The number of rotatable bonds is 6. The molecule has 36 heavy (non-hydrogen) atoms. The molecule has 2 amide bonds. The predicted octanol–water partition coefficient (Wildman–Crippen LogP) is 2.25. The van der Waals surface area contributed by atoms with Gasteiger partial charge in [-0.05, 0) is 31.9 Å². The van der Waals surface area contributed by atoms with Crippen LogP contribution < -0.4 is 21.3 Å². The highest BCUT2D eigenvalue weighted by Crippen LogP contribution is 2.28. The van der Waals surface area contributed by atoms with E-state index >= 15 is 0 Å². The van der Waals surface area contributed by atoms with Gasteiger partial charge in [-0.15, -0.1) is 0 Å². The van der Waals surface area contributed by atoms with Crippen LogP contribution in [0.2, 0.25) is 0 Å². The van der Waals surface area contributed by atoms with Crippen molar-refractivity contribution in [2.24, 2.45) is 12.8 Å². The fourth-order valence-corrected chi connectivity index (χ4v) is 4.02. The molecule has 4 N–H and O–H groups in total. The SMILES string of the molecule is C[C@@H]1[C@H](NC(=O)c2ccc(C(F)(F)F)nc2)CCCN1c1cnc(C(N)=O)c(Nc2cnn(C)c2)n1. The molecule has 1 saturated heterocycles. The van der Waals surface area contributed by atoms with Gasteiger partial charge >= 0.3 is 6.18 Å². The zero-order valence-corrected chi connectivity index (χ0v) is 19.5. The number of pyridine rings is 1. The third-order valence-electron chi connectivity index (χ3n) is 5.88. The van der Waals surface area contributed by atoms with Crippen LogP contribution in [0.3, 0.4) is 0 Å². The minimum atomic E-state index is -4.58. The number of amides is 2. The van der Waals surface area contributed by atoms with Crippen LogP contribution in [0.1, 0.15) is 46.3 Å². The van der Waals surface area contributed by atoms with Gasteiger partial charge in [-0.1, -0.05) is 0 Å². The molecule has 2 atom stereocenters. The lowest BCUT2D eigenvalue weighted by molar-refractivity contribution is -0.141. The Morgan fingerprint density at radius 1 is 1.17 bits per heavy atom. The number of hydrogen-bond acceptors (Lipinski definition) is 8. The molecule has 0 radical (unpaired) electrons. The lowest BCUT2D eigenvalue weighted by Crippen LogP contribution is -2.54. The van der Waals surface area contributed by atoms with E-state index in [1.54, 1.807) is 24.1 Å². The van der Waals surface area contributed by atoms with E-state index in [2.05, 4.69) is 30.7 Å². The van der Waals surface area contributed by atoms with Crippen molar-refractivity contribution >= 4 is 29.1 Å². The van der Waals surface area contributed by atoms with Crippen molar-refractivity contribution in [3.05, 3.63) is 53.9 Å². The second-order valence-electron chi connectivity index (χ2n) is 8.40. The van der Waals surface area contributed by atoms with Crippen molar-refractivity contribution in [1.29, 1.82) is 0 Å². The number of nitrogens with one attached hydrogen (secondary N) is 2. The molecule has 3 aromatic heterocycles. The maximum absolute atomic E-state index is 12.8. The van der Waals surface area contributed by atoms with Gasteiger partial charge in [0.15, 0.2) is 11.5 Å². The number of carbonyl (C=O) groups excluding carboxylic acids is 2. The Morgan fingerprint density at radius 3 is 2.56 bits per heavy atom. The van der Waals surface area contributed by atoms with Crippen molar-refractivity contribution in [2.75, 3.05) is 16.8 Å². The van der Waals surface area contributed by atoms with Gasteiger partial charge < -0.3 is 21.3 Å². The molecule has 11 nitrogen and oxygen atoms in total. The number of piperidine rings is 1. The molecule has 0 aromatic carbocycles. The highest BCUT2D eigenvalue weighted by molar-refractivity contribution is 5.96. The molecule has 3 aromatic rings. The summed E-state index contributed by atoms with van der Waals surface area (Å²) in [5.41, 5.74) is 4.98. The lowest BCUT2D eigenvalue weighted by Gasteiger charge is -2.40. The van der Waals surface area contributed by atoms with E-state index in [-0.39, 0.29) is 29.2 Å². The molecule has 1 aliphatic rings. The normalized spacial score (nSPS) is 18.1. The second-order valence-corrected chi connectivity index (χ2v) is 8.40. The van der Waals surface area contributed by atoms with Crippen LogP contribution in [0, 0.1) is 0 Å². The van der Waals surface area contributed by atoms with Gasteiger partial charge in [0, 0.05) is 38.1 Å². The molecule has 0 spiro atoms. The van der Waals surface area contributed by atoms with Gasteiger partial charge in [0.05, 0.1) is 23.6 Å². The van der Waals surface area contributed by atoms with Crippen molar-refractivity contribution in [2.45, 2.75) is 38.0 Å². The lowest BCUT2D eigenvalue weighted by atomic mass is 9.97.